The van der Waals surface area contributed by atoms with E-state index in [1.165, 1.54) is 43.5 Å². The number of carbonyl (C=O) groups excluding carboxylic acids is 4. The van der Waals surface area contributed by atoms with Gasteiger partial charge in [0, 0.05) is 5.92 Å². The summed E-state index contributed by atoms with van der Waals surface area (Å²) >= 11 is 17.4. The van der Waals surface area contributed by atoms with Crippen LogP contribution in [0.3, 0.4) is 0 Å². The quantitative estimate of drug-likeness (QED) is 0.0760. The lowest BCUT2D eigenvalue weighted by molar-refractivity contribution is -0.125. The highest BCUT2D eigenvalue weighted by molar-refractivity contribution is 9.10. The number of nitrogens with zero attached hydrogens (tertiary/aromatic N) is 2. The first-order valence-electron chi connectivity index (χ1n) is 15.2. The van der Waals surface area contributed by atoms with Crippen LogP contribution in [0.1, 0.15) is 34.7 Å². The third kappa shape index (κ3) is 4.55. The Bertz CT molecular complexity index is 2210. The molecule has 4 aliphatic rings. The summed E-state index contributed by atoms with van der Waals surface area (Å²) in [6.07, 6.45) is 0.608. The molecule has 52 heavy (non-hydrogen) atoms. The van der Waals surface area contributed by atoms with Crippen molar-refractivity contribution in [2.45, 2.75) is 28.5 Å². The van der Waals surface area contributed by atoms with E-state index in [0.717, 1.165) is 11.0 Å². The summed E-state index contributed by atoms with van der Waals surface area (Å²) in [6, 6.07) is 7.50. The van der Waals surface area contributed by atoms with Gasteiger partial charge in [0.1, 0.15) is 5.69 Å². The van der Waals surface area contributed by atoms with Gasteiger partial charge in [0.05, 0.1) is 34.7 Å². The number of anilines is 2. The molecule has 2 aliphatic carbocycles. The predicted octanol–water partition coefficient (Wildman–Crippen LogP) is 6.33. The molecule has 6 unspecified atom stereocenters. The van der Waals surface area contributed by atoms with Gasteiger partial charge in [-0.25, -0.2) is 31.6 Å². The van der Waals surface area contributed by atoms with Crippen molar-refractivity contribution in [1.29, 1.82) is 0 Å². The molecule has 0 spiro atoms. The Morgan fingerprint density at radius 1 is 0.904 bits per heavy atom. The number of carboxylic acid groups (broad SMARTS) is 1. The molecular weight excluding hydrogens is 810 g/mol. The molecule has 4 amide bonds. The Labute approximate surface area is 307 Å². The number of aromatic carboxylic acids is 1. The zero-order valence-electron chi connectivity index (χ0n) is 26.0. The van der Waals surface area contributed by atoms with Crippen molar-refractivity contribution < 1.29 is 60.9 Å². The van der Waals surface area contributed by atoms with Gasteiger partial charge < -0.3 is 14.9 Å². The molecule has 6 atom stereocenters. The van der Waals surface area contributed by atoms with Crippen LogP contribution in [-0.4, -0.2) is 56.7 Å². The average Bonchev–Trinajstić information content (AvgIpc) is 3.45. The Balaban J connectivity index is 1.44. The highest BCUT2D eigenvalue weighted by Gasteiger charge is 2.77. The number of carbonyl (C=O) groups is 5. The maximum absolute atomic E-state index is 15.3. The summed E-state index contributed by atoms with van der Waals surface area (Å²) in [4.78, 5) is 63.4. The number of alkyl halides is 2. The number of phenolic OH excluding ortho intramolecular Hbond substituents is 1. The molecule has 3 fully saturated rings. The Hall–Kier alpha value is -4.54. The number of phenols is 1. The Kier molecular flexibility index (Phi) is 8.27. The monoisotopic (exact) mass is 828 g/mol. The molecule has 1 saturated carbocycles. The van der Waals surface area contributed by atoms with Gasteiger partial charge in [-0.3, -0.25) is 24.1 Å². The second-order valence-corrected chi connectivity index (χ2v) is 14.7. The number of methoxy groups -OCH3 is 1. The number of allylic oxidation sites excluding steroid dienone is 2. The normalized spacial score (nSPS) is 28.1. The van der Waals surface area contributed by atoms with E-state index in [9.17, 15) is 47.4 Å². The van der Waals surface area contributed by atoms with E-state index in [-0.39, 0.29) is 43.9 Å². The number of hydrogen-bond donors (Lipinski definition) is 2. The fourth-order valence-electron chi connectivity index (χ4n) is 7.89. The lowest BCUT2D eigenvalue weighted by Crippen LogP contribution is -2.60. The fraction of sp³-hybridized carbons (Fsp3) is 0.265. The lowest BCUT2D eigenvalue weighted by atomic mass is 9.56. The highest BCUT2D eigenvalue weighted by atomic mass is 79.9. The minimum Gasteiger partial charge on any atom is -0.503 e. The number of benzene rings is 3. The van der Waals surface area contributed by atoms with Crippen LogP contribution in [-0.2, 0) is 19.2 Å². The van der Waals surface area contributed by atoms with Gasteiger partial charge >= 0.3 is 5.97 Å². The van der Waals surface area contributed by atoms with E-state index in [4.69, 9.17) is 27.9 Å². The van der Waals surface area contributed by atoms with Gasteiger partial charge in [0.15, 0.2) is 44.5 Å². The molecule has 2 aliphatic heterocycles. The topological polar surface area (TPSA) is 142 Å². The van der Waals surface area contributed by atoms with E-state index in [0.29, 0.717) is 0 Å². The first kappa shape index (κ1) is 35.8. The summed E-state index contributed by atoms with van der Waals surface area (Å²) in [5, 5.41) is 20.1. The molecule has 3 aromatic carbocycles. The van der Waals surface area contributed by atoms with Crippen LogP contribution in [0.5, 0.6) is 11.5 Å². The number of aromatic hydroxyl groups is 1. The maximum atomic E-state index is 15.3. The number of amides is 4. The average molecular weight is 830 g/mol. The molecule has 270 valence electrons. The minimum absolute atomic E-state index is 0.000788. The third-order valence-corrected chi connectivity index (χ3v) is 12.2. The number of hydrogen-bond acceptors (Lipinski definition) is 7. The number of ether oxygens (including phenoxy) is 1. The maximum Gasteiger partial charge on any atom is 0.335 e. The summed E-state index contributed by atoms with van der Waals surface area (Å²) in [5.41, 5.74) is -2.06. The summed E-state index contributed by atoms with van der Waals surface area (Å²) < 4.78 is 78.7. The van der Waals surface area contributed by atoms with Crippen LogP contribution in [0.2, 0.25) is 0 Å². The van der Waals surface area contributed by atoms with Gasteiger partial charge in [-0.05, 0) is 70.6 Å². The van der Waals surface area contributed by atoms with Crippen LogP contribution >= 0.6 is 39.1 Å². The first-order valence-corrected chi connectivity index (χ1v) is 16.7. The highest BCUT2D eigenvalue weighted by Crippen LogP contribution is 2.66. The molecule has 7 rings (SSSR count). The summed E-state index contributed by atoms with van der Waals surface area (Å²) in [6.45, 7) is 0. The molecule has 3 aromatic rings. The van der Waals surface area contributed by atoms with Crippen molar-refractivity contribution in [3.8, 4) is 11.5 Å². The van der Waals surface area contributed by atoms with Crippen LogP contribution in [0.4, 0.5) is 33.3 Å². The SMILES string of the molecule is COc1cc(C2C3=CCC4C(=O)N(c5cccc(C(=O)O)c5)C(=O)C4C3CC3(Cl)C(=O)N(c4c(F)c(F)c(F)c(F)c4F)C(=O)C23Cl)cc(Br)c1O. The van der Waals surface area contributed by atoms with Crippen LogP contribution in [0, 0.1) is 46.8 Å². The Morgan fingerprint density at radius 3 is 2.15 bits per heavy atom. The summed E-state index contributed by atoms with van der Waals surface area (Å²) in [7, 11) is 1.19. The Morgan fingerprint density at radius 2 is 1.54 bits per heavy atom. The third-order valence-electron chi connectivity index (χ3n) is 10.2. The van der Waals surface area contributed by atoms with E-state index < -0.39 is 110 Å². The molecule has 2 heterocycles. The van der Waals surface area contributed by atoms with Gasteiger partial charge in [-0.15, -0.1) is 23.2 Å². The number of rotatable bonds is 5. The molecule has 0 radical (unpaired) electrons. The van der Waals surface area contributed by atoms with Crippen molar-refractivity contribution in [3.05, 3.63) is 92.7 Å². The lowest BCUT2D eigenvalue weighted by Gasteiger charge is -2.50. The van der Waals surface area contributed by atoms with E-state index in [1.54, 1.807) is 0 Å². The molecular formula is C34H20BrCl2F5N2O8. The van der Waals surface area contributed by atoms with Crippen molar-refractivity contribution in [3.63, 3.8) is 0 Å². The van der Waals surface area contributed by atoms with Crippen LogP contribution < -0.4 is 14.5 Å². The molecule has 0 aromatic heterocycles. The number of carboxylic acids is 1. The largest absolute Gasteiger partial charge is 0.503 e. The molecule has 0 bridgehead atoms. The molecule has 2 saturated heterocycles. The van der Waals surface area contributed by atoms with E-state index in [2.05, 4.69) is 15.9 Å². The fourth-order valence-corrected chi connectivity index (χ4v) is 9.28. The zero-order chi connectivity index (χ0) is 37.9. The first-order chi connectivity index (χ1) is 24.4. The van der Waals surface area contributed by atoms with Crippen LogP contribution in [0.15, 0.2) is 52.5 Å². The van der Waals surface area contributed by atoms with Crippen LogP contribution in [0.25, 0.3) is 0 Å². The smallest absolute Gasteiger partial charge is 0.335 e. The molecule has 10 nitrogen and oxygen atoms in total. The van der Waals surface area contributed by atoms with E-state index >= 15 is 8.78 Å². The minimum atomic E-state index is -2.79. The number of fused-ring (bicyclic) bond motifs is 4. The predicted molar refractivity (Wildman–Crippen MR) is 175 cm³/mol. The molecule has 18 heteroatoms. The van der Waals surface area contributed by atoms with Crippen molar-refractivity contribution >= 4 is 80.1 Å². The second-order valence-electron chi connectivity index (χ2n) is 12.6. The number of halogens is 8. The second kappa shape index (κ2) is 12.0. The van der Waals surface area contributed by atoms with Gasteiger partial charge in [0.25, 0.3) is 11.8 Å². The van der Waals surface area contributed by atoms with Gasteiger partial charge in [-0.2, -0.15) is 0 Å². The van der Waals surface area contributed by atoms with Gasteiger partial charge in [0.2, 0.25) is 17.6 Å². The van der Waals surface area contributed by atoms with Crippen molar-refractivity contribution in [2.75, 3.05) is 16.9 Å². The molecule has 2 N–H and O–H groups in total. The number of imide groups is 2. The van der Waals surface area contributed by atoms with E-state index in [1.807, 2.05) is 0 Å². The summed E-state index contributed by atoms with van der Waals surface area (Å²) in [5.74, 6) is -24.6. The zero-order valence-corrected chi connectivity index (χ0v) is 29.1. The van der Waals surface area contributed by atoms with Gasteiger partial charge in [-0.1, -0.05) is 17.7 Å². The van der Waals surface area contributed by atoms with Crippen molar-refractivity contribution in [2.24, 2.45) is 17.8 Å². The standard InChI is InChI=1S/C34H20BrCl2F5N2O8/c1-52-18-9-12(8-17(35)27(18)45)20-14-5-6-15-19(29(47)43(28(15)46)13-4-2-3-11(7-13)30(48)49)16(14)10-33(36)31(50)44(32(51)34(20,33)37)26-24(41)22(39)21(38)23(40)25(26)42/h2-5,7-9,15-16,19-20,45H,6,10H2,1H3,(H,48,49). The van der Waals surface area contributed by atoms with Crippen molar-refractivity contribution in [1.82, 2.24) is 0 Å².